The molecule has 0 unspecified atom stereocenters. The second kappa shape index (κ2) is 7.77. The number of sulfonamides is 1. The SMILES string of the molecule is CCN(CCCNC(=O)c1cc(Br)ccc1O)S(C)(=O)=O. The van der Waals surface area contributed by atoms with Crippen molar-refractivity contribution < 1.29 is 18.3 Å². The van der Waals surface area contributed by atoms with Gasteiger partial charge in [0.2, 0.25) is 10.0 Å². The fourth-order valence-corrected chi connectivity index (χ4v) is 3.09. The molecule has 1 aromatic carbocycles. The third-order valence-electron chi connectivity index (χ3n) is 2.89. The molecule has 0 aromatic heterocycles. The number of carbonyl (C=O) groups excluding carboxylic acids is 1. The van der Waals surface area contributed by atoms with E-state index in [1.165, 1.54) is 16.4 Å². The van der Waals surface area contributed by atoms with Crippen LogP contribution in [0.1, 0.15) is 23.7 Å². The molecule has 0 aliphatic heterocycles. The predicted molar refractivity (Wildman–Crippen MR) is 84.8 cm³/mol. The molecule has 21 heavy (non-hydrogen) atoms. The van der Waals surface area contributed by atoms with Crippen molar-refractivity contribution in [3.63, 3.8) is 0 Å². The minimum Gasteiger partial charge on any atom is -0.507 e. The van der Waals surface area contributed by atoms with Crippen molar-refractivity contribution in [3.8, 4) is 5.75 Å². The van der Waals surface area contributed by atoms with E-state index >= 15 is 0 Å². The zero-order valence-corrected chi connectivity index (χ0v) is 14.4. The van der Waals surface area contributed by atoms with E-state index in [0.717, 1.165) is 6.26 Å². The summed E-state index contributed by atoms with van der Waals surface area (Å²) < 4.78 is 24.8. The molecule has 8 heteroatoms. The van der Waals surface area contributed by atoms with Crippen LogP contribution in [0.3, 0.4) is 0 Å². The number of phenolic OH excluding ortho intramolecular Hbond substituents is 1. The van der Waals surface area contributed by atoms with Crippen LogP contribution in [-0.4, -0.2) is 49.6 Å². The minimum atomic E-state index is -3.21. The molecule has 0 bridgehead atoms. The van der Waals surface area contributed by atoms with E-state index in [2.05, 4.69) is 21.2 Å². The molecular formula is C13H19BrN2O4S. The second-order valence-electron chi connectivity index (χ2n) is 4.53. The van der Waals surface area contributed by atoms with Gasteiger partial charge >= 0.3 is 0 Å². The van der Waals surface area contributed by atoms with E-state index in [1.54, 1.807) is 13.0 Å². The highest BCUT2D eigenvalue weighted by atomic mass is 79.9. The molecule has 0 aliphatic rings. The fourth-order valence-electron chi connectivity index (χ4n) is 1.80. The molecule has 0 aliphatic carbocycles. The number of amides is 1. The minimum absolute atomic E-state index is 0.0954. The average molecular weight is 379 g/mol. The number of hydrogen-bond donors (Lipinski definition) is 2. The molecule has 0 heterocycles. The largest absolute Gasteiger partial charge is 0.507 e. The predicted octanol–water partition coefficient (Wildman–Crippen LogP) is 1.56. The molecule has 1 rings (SSSR count). The Morgan fingerprint density at radius 3 is 2.67 bits per heavy atom. The van der Waals surface area contributed by atoms with E-state index in [4.69, 9.17) is 0 Å². The van der Waals surface area contributed by atoms with Crippen LogP contribution in [0, 0.1) is 0 Å². The van der Waals surface area contributed by atoms with Gasteiger partial charge in [0.25, 0.3) is 5.91 Å². The van der Waals surface area contributed by atoms with Crippen molar-refractivity contribution in [1.82, 2.24) is 9.62 Å². The van der Waals surface area contributed by atoms with Crippen molar-refractivity contribution in [2.24, 2.45) is 0 Å². The Bertz CT molecular complexity index is 604. The number of nitrogens with one attached hydrogen (secondary N) is 1. The number of hydrogen-bond acceptors (Lipinski definition) is 4. The van der Waals surface area contributed by atoms with Crippen LogP contribution in [0.25, 0.3) is 0 Å². The van der Waals surface area contributed by atoms with Crippen LogP contribution in [0.5, 0.6) is 5.75 Å². The van der Waals surface area contributed by atoms with Gasteiger partial charge in [-0.2, -0.15) is 0 Å². The summed E-state index contributed by atoms with van der Waals surface area (Å²) >= 11 is 3.23. The molecule has 0 fully saturated rings. The van der Waals surface area contributed by atoms with Gasteiger partial charge < -0.3 is 10.4 Å². The second-order valence-corrected chi connectivity index (χ2v) is 7.42. The summed E-state index contributed by atoms with van der Waals surface area (Å²) in [5, 5.41) is 12.3. The summed E-state index contributed by atoms with van der Waals surface area (Å²) in [5.41, 5.74) is 0.180. The average Bonchev–Trinajstić information content (AvgIpc) is 2.39. The van der Waals surface area contributed by atoms with E-state index < -0.39 is 15.9 Å². The van der Waals surface area contributed by atoms with Crippen LogP contribution < -0.4 is 5.32 Å². The normalized spacial score (nSPS) is 11.6. The molecule has 0 spiro atoms. The lowest BCUT2D eigenvalue weighted by atomic mass is 10.2. The van der Waals surface area contributed by atoms with E-state index in [1.807, 2.05) is 0 Å². The number of benzene rings is 1. The molecule has 118 valence electrons. The first-order valence-electron chi connectivity index (χ1n) is 6.47. The highest BCUT2D eigenvalue weighted by Crippen LogP contribution is 2.21. The van der Waals surface area contributed by atoms with Gasteiger partial charge in [-0.05, 0) is 24.6 Å². The van der Waals surface area contributed by atoms with Gasteiger partial charge in [-0.25, -0.2) is 12.7 Å². The summed E-state index contributed by atoms with van der Waals surface area (Å²) in [5.74, 6) is -0.488. The lowest BCUT2D eigenvalue weighted by Crippen LogP contribution is -2.33. The highest BCUT2D eigenvalue weighted by Gasteiger charge is 2.14. The standard InChI is InChI=1S/C13H19BrN2O4S/c1-3-16(21(2,19)20)8-4-7-15-13(18)11-9-10(14)5-6-12(11)17/h5-6,9,17H,3-4,7-8H2,1-2H3,(H,15,18). The first-order valence-corrected chi connectivity index (χ1v) is 9.11. The zero-order valence-electron chi connectivity index (χ0n) is 12.0. The molecule has 1 amide bonds. The van der Waals surface area contributed by atoms with Crippen molar-refractivity contribution in [2.75, 3.05) is 25.9 Å². The van der Waals surface area contributed by atoms with Crippen molar-refractivity contribution >= 4 is 31.9 Å². The molecule has 6 nitrogen and oxygen atoms in total. The summed E-state index contributed by atoms with van der Waals surface area (Å²) in [6, 6.07) is 4.60. The van der Waals surface area contributed by atoms with Gasteiger partial charge in [0.1, 0.15) is 5.75 Å². The van der Waals surface area contributed by atoms with E-state index in [9.17, 15) is 18.3 Å². The summed E-state index contributed by atoms with van der Waals surface area (Å²) in [6.45, 7) is 2.84. The first kappa shape index (κ1) is 17.9. The smallest absolute Gasteiger partial charge is 0.255 e. The van der Waals surface area contributed by atoms with Gasteiger partial charge in [0, 0.05) is 24.1 Å². The maximum atomic E-state index is 11.9. The highest BCUT2D eigenvalue weighted by molar-refractivity contribution is 9.10. The van der Waals surface area contributed by atoms with Crippen LogP contribution in [0.2, 0.25) is 0 Å². The van der Waals surface area contributed by atoms with Crippen molar-refractivity contribution in [3.05, 3.63) is 28.2 Å². The number of aromatic hydroxyl groups is 1. The summed E-state index contributed by atoms with van der Waals surface area (Å²) in [4.78, 5) is 11.9. The fraction of sp³-hybridized carbons (Fsp3) is 0.462. The van der Waals surface area contributed by atoms with Gasteiger partial charge in [-0.3, -0.25) is 4.79 Å². The van der Waals surface area contributed by atoms with Crippen LogP contribution >= 0.6 is 15.9 Å². The summed E-state index contributed by atoms with van der Waals surface area (Å²) in [7, 11) is -3.21. The molecular weight excluding hydrogens is 360 g/mol. The third kappa shape index (κ3) is 5.64. The lowest BCUT2D eigenvalue weighted by Gasteiger charge is -2.17. The maximum absolute atomic E-state index is 11.9. The molecule has 0 radical (unpaired) electrons. The number of halogens is 1. The zero-order chi connectivity index (χ0) is 16.0. The van der Waals surface area contributed by atoms with Crippen LogP contribution in [0.4, 0.5) is 0 Å². The molecule has 2 N–H and O–H groups in total. The Hall–Kier alpha value is -1.12. The van der Waals surface area contributed by atoms with Gasteiger partial charge in [0.15, 0.2) is 0 Å². The molecule has 0 atom stereocenters. The van der Waals surface area contributed by atoms with E-state index in [0.29, 0.717) is 30.5 Å². The Morgan fingerprint density at radius 2 is 2.10 bits per heavy atom. The lowest BCUT2D eigenvalue weighted by molar-refractivity contribution is 0.0950. The molecule has 0 saturated carbocycles. The topological polar surface area (TPSA) is 86.7 Å². The number of phenols is 1. The van der Waals surface area contributed by atoms with Gasteiger partial charge in [0.05, 0.1) is 11.8 Å². The Kier molecular flexibility index (Phi) is 6.63. The monoisotopic (exact) mass is 378 g/mol. The molecule has 1 aromatic rings. The molecule has 0 saturated heterocycles. The van der Waals surface area contributed by atoms with Crippen molar-refractivity contribution in [2.45, 2.75) is 13.3 Å². The Balaban J connectivity index is 2.49. The summed E-state index contributed by atoms with van der Waals surface area (Å²) in [6.07, 6.45) is 1.66. The Labute approximate surface area is 133 Å². The van der Waals surface area contributed by atoms with Crippen LogP contribution in [-0.2, 0) is 10.0 Å². The van der Waals surface area contributed by atoms with Gasteiger partial charge in [-0.15, -0.1) is 0 Å². The first-order chi connectivity index (χ1) is 9.75. The van der Waals surface area contributed by atoms with Gasteiger partial charge in [-0.1, -0.05) is 22.9 Å². The number of nitrogens with zero attached hydrogens (tertiary/aromatic N) is 1. The number of rotatable bonds is 7. The quantitative estimate of drug-likeness (QED) is 0.704. The van der Waals surface area contributed by atoms with Crippen LogP contribution in [0.15, 0.2) is 22.7 Å². The number of carbonyl (C=O) groups is 1. The third-order valence-corrected chi connectivity index (χ3v) is 4.77. The Morgan fingerprint density at radius 1 is 1.43 bits per heavy atom. The maximum Gasteiger partial charge on any atom is 0.255 e. The van der Waals surface area contributed by atoms with Crippen molar-refractivity contribution in [1.29, 1.82) is 0 Å². The van der Waals surface area contributed by atoms with E-state index in [-0.39, 0.29) is 11.3 Å².